The molecule has 0 spiro atoms. The van der Waals surface area contributed by atoms with E-state index in [1.54, 1.807) is 24.3 Å². The summed E-state index contributed by atoms with van der Waals surface area (Å²) in [5.74, 6) is -0.253. The van der Waals surface area contributed by atoms with Crippen molar-refractivity contribution in [2.75, 3.05) is 22.5 Å². The number of hydrogen-bond acceptors (Lipinski definition) is 3. The zero-order chi connectivity index (χ0) is 17.5. The number of carbonyl (C=O) groups is 2. The summed E-state index contributed by atoms with van der Waals surface area (Å²) >= 11 is 3.36. The first kappa shape index (κ1) is 18.0. The first-order valence-electron chi connectivity index (χ1n) is 7.64. The maximum atomic E-state index is 12.0. The molecule has 0 unspecified atom stereocenters. The Kier molecular flexibility index (Phi) is 6.37. The van der Waals surface area contributed by atoms with E-state index < -0.39 is 0 Å². The molecular formula is C18H20BrN3O2. The van der Waals surface area contributed by atoms with E-state index in [1.807, 2.05) is 38.1 Å². The smallest absolute Gasteiger partial charge is 0.243 e. The molecule has 2 aromatic carbocycles. The second kappa shape index (κ2) is 8.49. The van der Waals surface area contributed by atoms with E-state index in [-0.39, 0.29) is 24.3 Å². The highest BCUT2D eigenvalue weighted by atomic mass is 79.9. The van der Waals surface area contributed by atoms with Gasteiger partial charge in [0.15, 0.2) is 0 Å². The summed E-state index contributed by atoms with van der Waals surface area (Å²) in [4.78, 5) is 23.6. The van der Waals surface area contributed by atoms with Crippen LogP contribution < -0.4 is 16.0 Å². The Morgan fingerprint density at radius 3 is 1.92 bits per heavy atom. The molecule has 0 aliphatic heterocycles. The first-order chi connectivity index (χ1) is 11.4. The van der Waals surface area contributed by atoms with Crippen LogP contribution in [0.3, 0.4) is 0 Å². The monoisotopic (exact) mass is 389 g/mol. The second-order valence-corrected chi connectivity index (χ2v) is 6.55. The fraction of sp³-hybridized carbons (Fsp3) is 0.222. The van der Waals surface area contributed by atoms with Gasteiger partial charge in [0.2, 0.25) is 11.8 Å². The Bertz CT molecular complexity index is 697. The van der Waals surface area contributed by atoms with Crippen molar-refractivity contribution >= 4 is 44.8 Å². The Labute approximate surface area is 150 Å². The van der Waals surface area contributed by atoms with Gasteiger partial charge in [-0.25, -0.2) is 0 Å². The molecule has 24 heavy (non-hydrogen) atoms. The van der Waals surface area contributed by atoms with Crippen molar-refractivity contribution in [3.05, 3.63) is 53.0 Å². The van der Waals surface area contributed by atoms with Gasteiger partial charge in [-0.05, 0) is 48.5 Å². The standard InChI is InChI=1S/C18H20BrN3O2/c1-12(2)18(24)22-16-9-7-15(8-10-16)21-17(23)11-20-14-5-3-13(19)4-6-14/h3-10,12,20H,11H2,1-2H3,(H,21,23)(H,22,24). The molecule has 0 radical (unpaired) electrons. The maximum Gasteiger partial charge on any atom is 0.243 e. The van der Waals surface area contributed by atoms with Crippen LogP contribution >= 0.6 is 15.9 Å². The fourth-order valence-electron chi connectivity index (χ4n) is 1.88. The average molecular weight is 390 g/mol. The summed E-state index contributed by atoms with van der Waals surface area (Å²) in [5.41, 5.74) is 2.26. The normalized spacial score (nSPS) is 10.3. The van der Waals surface area contributed by atoms with E-state index in [1.165, 1.54) is 0 Å². The highest BCUT2D eigenvalue weighted by Crippen LogP contribution is 2.15. The number of halogens is 1. The molecule has 0 fully saturated rings. The van der Waals surface area contributed by atoms with E-state index >= 15 is 0 Å². The molecule has 0 bridgehead atoms. The van der Waals surface area contributed by atoms with Crippen molar-refractivity contribution < 1.29 is 9.59 Å². The average Bonchev–Trinajstić information content (AvgIpc) is 2.56. The van der Waals surface area contributed by atoms with Gasteiger partial charge in [0, 0.05) is 27.5 Å². The lowest BCUT2D eigenvalue weighted by molar-refractivity contribution is -0.119. The van der Waals surface area contributed by atoms with Gasteiger partial charge in [-0.1, -0.05) is 29.8 Å². The molecule has 6 heteroatoms. The van der Waals surface area contributed by atoms with Crippen LogP contribution in [0.1, 0.15) is 13.8 Å². The lowest BCUT2D eigenvalue weighted by Gasteiger charge is -2.10. The summed E-state index contributed by atoms with van der Waals surface area (Å²) in [6.45, 7) is 3.85. The molecule has 5 nitrogen and oxygen atoms in total. The highest BCUT2D eigenvalue weighted by molar-refractivity contribution is 9.10. The van der Waals surface area contributed by atoms with Gasteiger partial charge in [-0.15, -0.1) is 0 Å². The van der Waals surface area contributed by atoms with E-state index in [0.29, 0.717) is 11.4 Å². The topological polar surface area (TPSA) is 70.2 Å². The van der Waals surface area contributed by atoms with Gasteiger partial charge in [0.25, 0.3) is 0 Å². The molecule has 3 N–H and O–H groups in total. The molecule has 2 amide bonds. The van der Waals surface area contributed by atoms with Crippen molar-refractivity contribution in [2.45, 2.75) is 13.8 Å². The Morgan fingerprint density at radius 2 is 1.38 bits per heavy atom. The van der Waals surface area contributed by atoms with Crippen LogP contribution in [0.4, 0.5) is 17.1 Å². The summed E-state index contributed by atoms with van der Waals surface area (Å²) < 4.78 is 0.988. The fourth-order valence-corrected chi connectivity index (χ4v) is 2.14. The molecule has 0 aliphatic rings. The zero-order valence-corrected chi connectivity index (χ0v) is 15.2. The van der Waals surface area contributed by atoms with Crippen LogP contribution in [0.2, 0.25) is 0 Å². The predicted octanol–water partition coefficient (Wildman–Crippen LogP) is 4.09. The van der Waals surface area contributed by atoms with Crippen molar-refractivity contribution in [1.82, 2.24) is 0 Å². The predicted molar refractivity (Wildman–Crippen MR) is 101 cm³/mol. The van der Waals surface area contributed by atoms with E-state index in [2.05, 4.69) is 31.9 Å². The minimum absolute atomic E-state index is 0.0366. The quantitative estimate of drug-likeness (QED) is 0.696. The van der Waals surface area contributed by atoms with E-state index in [9.17, 15) is 9.59 Å². The van der Waals surface area contributed by atoms with Crippen molar-refractivity contribution in [3.8, 4) is 0 Å². The molecule has 2 rings (SSSR count). The molecule has 2 aromatic rings. The third-order valence-electron chi connectivity index (χ3n) is 3.26. The number of anilines is 3. The summed E-state index contributed by atoms with van der Waals surface area (Å²) in [5, 5.41) is 8.66. The minimum Gasteiger partial charge on any atom is -0.376 e. The van der Waals surface area contributed by atoms with Crippen molar-refractivity contribution in [2.24, 2.45) is 5.92 Å². The van der Waals surface area contributed by atoms with Crippen LogP contribution in [-0.4, -0.2) is 18.4 Å². The molecule has 126 valence electrons. The van der Waals surface area contributed by atoms with Gasteiger partial charge in [-0.2, -0.15) is 0 Å². The van der Waals surface area contributed by atoms with Crippen LogP contribution in [0, 0.1) is 5.92 Å². The molecule has 0 saturated carbocycles. The van der Waals surface area contributed by atoms with Crippen LogP contribution in [-0.2, 0) is 9.59 Å². The Morgan fingerprint density at radius 1 is 0.875 bits per heavy atom. The Balaban J connectivity index is 1.83. The Hall–Kier alpha value is -2.34. The van der Waals surface area contributed by atoms with Gasteiger partial charge in [0.1, 0.15) is 0 Å². The molecule has 0 aromatic heterocycles. The number of rotatable bonds is 6. The second-order valence-electron chi connectivity index (χ2n) is 5.63. The third-order valence-corrected chi connectivity index (χ3v) is 3.79. The molecular weight excluding hydrogens is 370 g/mol. The highest BCUT2D eigenvalue weighted by Gasteiger charge is 2.07. The zero-order valence-electron chi connectivity index (χ0n) is 13.6. The number of hydrogen-bond donors (Lipinski definition) is 3. The SMILES string of the molecule is CC(C)C(=O)Nc1ccc(NC(=O)CNc2ccc(Br)cc2)cc1. The lowest BCUT2D eigenvalue weighted by atomic mass is 10.2. The first-order valence-corrected chi connectivity index (χ1v) is 8.43. The minimum atomic E-state index is -0.142. The largest absolute Gasteiger partial charge is 0.376 e. The molecule has 0 aliphatic carbocycles. The number of benzene rings is 2. The third kappa shape index (κ3) is 5.70. The lowest BCUT2D eigenvalue weighted by Crippen LogP contribution is -2.21. The number of nitrogens with one attached hydrogen (secondary N) is 3. The van der Waals surface area contributed by atoms with Gasteiger partial charge < -0.3 is 16.0 Å². The maximum absolute atomic E-state index is 12.0. The van der Waals surface area contributed by atoms with Crippen molar-refractivity contribution in [1.29, 1.82) is 0 Å². The van der Waals surface area contributed by atoms with Crippen LogP contribution in [0.15, 0.2) is 53.0 Å². The van der Waals surface area contributed by atoms with E-state index in [0.717, 1.165) is 10.2 Å². The molecule has 0 heterocycles. The molecule has 0 saturated heterocycles. The van der Waals surface area contributed by atoms with Gasteiger partial charge in [-0.3, -0.25) is 9.59 Å². The van der Waals surface area contributed by atoms with Crippen molar-refractivity contribution in [3.63, 3.8) is 0 Å². The summed E-state index contributed by atoms with van der Waals surface area (Å²) in [6.07, 6.45) is 0. The van der Waals surface area contributed by atoms with E-state index in [4.69, 9.17) is 0 Å². The number of carbonyl (C=O) groups excluding carboxylic acids is 2. The molecule has 0 atom stereocenters. The van der Waals surface area contributed by atoms with Crippen LogP contribution in [0.5, 0.6) is 0 Å². The number of amides is 2. The summed E-state index contributed by atoms with van der Waals surface area (Å²) in [6, 6.07) is 14.6. The van der Waals surface area contributed by atoms with Crippen LogP contribution in [0.25, 0.3) is 0 Å². The van der Waals surface area contributed by atoms with Gasteiger partial charge >= 0.3 is 0 Å². The van der Waals surface area contributed by atoms with Gasteiger partial charge in [0.05, 0.1) is 6.54 Å². The summed E-state index contributed by atoms with van der Waals surface area (Å²) in [7, 11) is 0.